The Morgan fingerprint density at radius 3 is 2.36 bits per heavy atom. The lowest BCUT2D eigenvalue weighted by molar-refractivity contribution is 0.0696. The van der Waals surface area contributed by atoms with Crippen molar-refractivity contribution < 1.29 is 14.7 Å². The Hall–Kier alpha value is -2.82. The minimum absolute atomic E-state index is 0.152. The van der Waals surface area contributed by atoms with Crippen molar-refractivity contribution in [1.29, 1.82) is 0 Å². The molecule has 0 radical (unpaired) electrons. The normalized spacial score (nSPS) is 10.3. The van der Waals surface area contributed by atoms with Crippen molar-refractivity contribution >= 4 is 23.3 Å². The van der Waals surface area contributed by atoms with Gasteiger partial charge in [0.05, 0.1) is 16.9 Å². The Morgan fingerprint density at radius 2 is 1.76 bits per heavy atom. The van der Waals surface area contributed by atoms with Crippen LogP contribution in [-0.4, -0.2) is 30.1 Å². The van der Waals surface area contributed by atoms with Crippen LogP contribution >= 0.6 is 0 Å². The van der Waals surface area contributed by atoms with Crippen LogP contribution < -0.4 is 10.2 Å². The molecule has 2 rings (SSSR count). The van der Waals surface area contributed by atoms with Gasteiger partial charge in [0.1, 0.15) is 0 Å². The van der Waals surface area contributed by atoms with Crippen LogP contribution in [0.25, 0.3) is 0 Å². The number of rotatable bonds is 8. The molecule has 0 heterocycles. The zero-order valence-corrected chi connectivity index (χ0v) is 14.7. The van der Waals surface area contributed by atoms with Crippen LogP contribution in [0.2, 0.25) is 0 Å². The van der Waals surface area contributed by atoms with Gasteiger partial charge in [0.25, 0.3) is 5.91 Å². The molecule has 132 valence electrons. The number of unbranched alkanes of at least 4 members (excludes halogenated alkanes) is 1. The predicted octanol–water partition coefficient (Wildman–Crippen LogP) is 4.26. The summed E-state index contributed by atoms with van der Waals surface area (Å²) >= 11 is 0. The van der Waals surface area contributed by atoms with Gasteiger partial charge in [-0.15, -0.1) is 0 Å². The number of carbonyl (C=O) groups excluding carboxylic acids is 1. The zero-order valence-electron chi connectivity index (χ0n) is 14.7. The van der Waals surface area contributed by atoms with Crippen molar-refractivity contribution in [2.24, 2.45) is 0 Å². The van der Waals surface area contributed by atoms with E-state index in [1.165, 1.54) is 6.07 Å². The molecule has 2 aromatic rings. The number of carboxylic acid groups (broad SMARTS) is 1. The van der Waals surface area contributed by atoms with E-state index in [1.54, 1.807) is 36.4 Å². The maximum Gasteiger partial charge on any atom is 0.335 e. The lowest BCUT2D eigenvalue weighted by atomic mass is 10.1. The van der Waals surface area contributed by atoms with E-state index in [4.69, 9.17) is 0 Å². The van der Waals surface area contributed by atoms with Crippen LogP contribution in [0.4, 0.5) is 11.4 Å². The van der Waals surface area contributed by atoms with Crippen LogP contribution in [0, 0.1) is 0 Å². The Labute approximate surface area is 148 Å². The summed E-state index contributed by atoms with van der Waals surface area (Å²) in [5.41, 5.74) is 2.04. The highest BCUT2D eigenvalue weighted by molar-refractivity contribution is 6.06. The molecule has 5 heteroatoms. The Balaban J connectivity index is 2.36. The lowest BCUT2D eigenvalue weighted by Crippen LogP contribution is -2.26. The minimum Gasteiger partial charge on any atom is -0.478 e. The predicted molar refractivity (Wildman–Crippen MR) is 101 cm³/mol. The minimum atomic E-state index is -1.02. The van der Waals surface area contributed by atoms with Crippen LogP contribution in [0.5, 0.6) is 0 Å². The summed E-state index contributed by atoms with van der Waals surface area (Å²) in [6, 6.07) is 13.7. The van der Waals surface area contributed by atoms with Gasteiger partial charge in [-0.3, -0.25) is 4.79 Å². The van der Waals surface area contributed by atoms with Gasteiger partial charge < -0.3 is 15.3 Å². The quantitative estimate of drug-likeness (QED) is 0.753. The summed E-state index contributed by atoms with van der Waals surface area (Å²) in [7, 11) is 0. The first-order valence-corrected chi connectivity index (χ1v) is 8.55. The molecule has 5 nitrogen and oxygen atoms in total. The molecule has 0 spiro atoms. The molecule has 25 heavy (non-hydrogen) atoms. The monoisotopic (exact) mass is 340 g/mol. The fourth-order valence-corrected chi connectivity index (χ4v) is 2.63. The van der Waals surface area contributed by atoms with Crippen LogP contribution in [0.3, 0.4) is 0 Å². The first-order valence-electron chi connectivity index (χ1n) is 8.55. The number of hydrogen-bond donors (Lipinski definition) is 2. The number of aromatic carboxylic acids is 1. The number of nitrogens with one attached hydrogen (secondary N) is 1. The van der Waals surface area contributed by atoms with E-state index in [1.807, 2.05) is 13.0 Å². The number of nitrogens with zero attached hydrogens (tertiary/aromatic N) is 1. The third kappa shape index (κ3) is 4.83. The zero-order chi connectivity index (χ0) is 18.2. The second-order valence-electron chi connectivity index (χ2n) is 5.79. The molecule has 0 saturated carbocycles. The van der Waals surface area contributed by atoms with E-state index in [9.17, 15) is 14.7 Å². The van der Waals surface area contributed by atoms with Crippen molar-refractivity contribution in [1.82, 2.24) is 0 Å². The molecule has 0 fully saturated rings. The van der Waals surface area contributed by atoms with E-state index in [0.717, 1.165) is 31.6 Å². The maximum absolute atomic E-state index is 12.5. The van der Waals surface area contributed by atoms with E-state index in [0.29, 0.717) is 11.3 Å². The number of hydrogen-bond acceptors (Lipinski definition) is 3. The summed E-state index contributed by atoms with van der Waals surface area (Å²) in [5, 5.41) is 12.1. The highest BCUT2D eigenvalue weighted by Crippen LogP contribution is 2.28. The van der Waals surface area contributed by atoms with Gasteiger partial charge in [-0.05, 0) is 43.7 Å². The summed E-state index contributed by atoms with van der Waals surface area (Å²) in [6.45, 7) is 5.80. The number of carboxylic acids is 1. The number of amides is 1. The lowest BCUT2D eigenvalue weighted by Gasteiger charge is -2.26. The molecule has 0 aliphatic heterocycles. The molecule has 0 bridgehead atoms. The highest BCUT2D eigenvalue weighted by Gasteiger charge is 2.15. The van der Waals surface area contributed by atoms with Crippen molar-refractivity contribution in [2.75, 3.05) is 23.3 Å². The van der Waals surface area contributed by atoms with Gasteiger partial charge in [0.2, 0.25) is 0 Å². The molecule has 0 atom stereocenters. The molecule has 0 saturated heterocycles. The molecular formula is C20H24N2O3. The van der Waals surface area contributed by atoms with Crippen molar-refractivity contribution in [2.45, 2.75) is 26.7 Å². The average molecular weight is 340 g/mol. The number of anilines is 2. The number of carbonyl (C=O) groups is 2. The van der Waals surface area contributed by atoms with Gasteiger partial charge in [-0.25, -0.2) is 4.79 Å². The van der Waals surface area contributed by atoms with Gasteiger partial charge in [-0.2, -0.15) is 0 Å². The molecule has 0 aromatic heterocycles. The van der Waals surface area contributed by atoms with Crippen molar-refractivity contribution in [3.05, 3.63) is 59.7 Å². The summed E-state index contributed by atoms with van der Waals surface area (Å²) in [6.07, 6.45) is 2.09. The van der Waals surface area contributed by atoms with E-state index >= 15 is 0 Å². The first kappa shape index (κ1) is 18.5. The average Bonchev–Trinajstić information content (AvgIpc) is 2.63. The molecule has 0 aliphatic carbocycles. The van der Waals surface area contributed by atoms with Gasteiger partial charge >= 0.3 is 5.97 Å². The first-order chi connectivity index (χ1) is 12.1. The molecular weight excluding hydrogens is 316 g/mol. The van der Waals surface area contributed by atoms with E-state index in [-0.39, 0.29) is 11.5 Å². The number of benzene rings is 2. The summed E-state index contributed by atoms with van der Waals surface area (Å²) in [5.74, 6) is -1.27. The SMILES string of the molecule is CCCCN(CC)c1ccc(C(=O)O)cc1NC(=O)c1ccccc1. The van der Waals surface area contributed by atoms with Gasteiger partial charge in [0, 0.05) is 18.7 Å². The molecule has 2 N–H and O–H groups in total. The summed E-state index contributed by atoms with van der Waals surface area (Å²) in [4.78, 5) is 25.9. The third-order valence-corrected chi connectivity index (χ3v) is 4.03. The second kappa shape index (κ2) is 8.87. The fourth-order valence-electron chi connectivity index (χ4n) is 2.63. The van der Waals surface area contributed by atoms with E-state index < -0.39 is 5.97 Å². The van der Waals surface area contributed by atoms with Gasteiger partial charge in [-0.1, -0.05) is 31.5 Å². The van der Waals surface area contributed by atoms with Crippen molar-refractivity contribution in [3.63, 3.8) is 0 Å². The third-order valence-electron chi connectivity index (χ3n) is 4.03. The highest BCUT2D eigenvalue weighted by atomic mass is 16.4. The standard InChI is InChI=1S/C20H24N2O3/c1-3-5-13-22(4-2)18-12-11-16(20(24)25)14-17(18)21-19(23)15-9-7-6-8-10-15/h6-12,14H,3-5,13H2,1-2H3,(H,21,23)(H,24,25). The van der Waals surface area contributed by atoms with Crippen LogP contribution in [0.15, 0.2) is 48.5 Å². The second-order valence-corrected chi connectivity index (χ2v) is 5.79. The Morgan fingerprint density at radius 1 is 1.04 bits per heavy atom. The molecule has 1 amide bonds. The van der Waals surface area contributed by atoms with Crippen molar-refractivity contribution in [3.8, 4) is 0 Å². The Bertz CT molecular complexity index is 729. The smallest absolute Gasteiger partial charge is 0.335 e. The van der Waals surface area contributed by atoms with Crippen LogP contribution in [-0.2, 0) is 0 Å². The summed E-state index contributed by atoms with van der Waals surface area (Å²) < 4.78 is 0. The van der Waals surface area contributed by atoms with Crippen LogP contribution in [0.1, 0.15) is 47.4 Å². The molecule has 0 aliphatic rings. The largest absolute Gasteiger partial charge is 0.478 e. The maximum atomic E-state index is 12.5. The fraction of sp³-hybridized carbons (Fsp3) is 0.300. The molecule has 0 unspecified atom stereocenters. The van der Waals surface area contributed by atoms with Gasteiger partial charge in [0.15, 0.2) is 0 Å². The van der Waals surface area contributed by atoms with E-state index in [2.05, 4.69) is 17.1 Å². The topological polar surface area (TPSA) is 69.6 Å². The molecule has 2 aromatic carbocycles. The Kier molecular flexibility index (Phi) is 6.57.